The molecule has 0 bridgehead atoms. The number of ether oxygens (including phenoxy) is 1. The van der Waals surface area contributed by atoms with Crippen molar-refractivity contribution in [2.45, 2.75) is 40.3 Å². The summed E-state index contributed by atoms with van der Waals surface area (Å²) >= 11 is 3.59. The van der Waals surface area contributed by atoms with Crippen LogP contribution in [-0.4, -0.2) is 15.8 Å². The lowest BCUT2D eigenvalue weighted by Crippen LogP contribution is -2.21. The molecular weight excluding hydrogens is 330 g/mol. The van der Waals surface area contributed by atoms with Gasteiger partial charge in [-0.15, -0.1) is 0 Å². The molecule has 5 heteroatoms. The Morgan fingerprint density at radius 3 is 2.57 bits per heavy atom. The van der Waals surface area contributed by atoms with E-state index in [9.17, 15) is 0 Å². The van der Waals surface area contributed by atoms with Gasteiger partial charge >= 0.3 is 0 Å². The van der Waals surface area contributed by atoms with Crippen LogP contribution >= 0.6 is 15.9 Å². The summed E-state index contributed by atoms with van der Waals surface area (Å²) in [5, 5.41) is 7.77. The maximum atomic E-state index is 6.02. The third kappa shape index (κ3) is 3.86. The van der Waals surface area contributed by atoms with Crippen LogP contribution in [0.4, 0.5) is 0 Å². The molecule has 0 aliphatic carbocycles. The van der Waals surface area contributed by atoms with Gasteiger partial charge in [0.1, 0.15) is 11.4 Å². The standard InChI is InChI=1S/C16H22BrN3O/c1-10(2)18-9-13-6-7-15(14(17)8-13)21-16-11(3)19-20(5)12(16)4/h6-8,10,18H,9H2,1-5H3. The Labute approximate surface area is 134 Å². The number of hydrogen-bond donors (Lipinski definition) is 1. The predicted octanol–water partition coefficient (Wildman–Crippen LogP) is 4.09. The van der Waals surface area contributed by atoms with Gasteiger partial charge < -0.3 is 10.1 Å². The van der Waals surface area contributed by atoms with E-state index in [0.717, 1.165) is 33.9 Å². The van der Waals surface area contributed by atoms with Crippen LogP contribution < -0.4 is 10.1 Å². The fourth-order valence-corrected chi connectivity index (χ4v) is 2.58. The van der Waals surface area contributed by atoms with Crippen LogP contribution in [0.25, 0.3) is 0 Å². The van der Waals surface area contributed by atoms with E-state index >= 15 is 0 Å². The summed E-state index contributed by atoms with van der Waals surface area (Å²) in [6.45, 7) is 9.09. The van der Waals surface area contributed by atoms with Gasteiger partial charge in [0, 0.05) is 19.6 Å². The topological polar surface area (TPSA) is 39.1 Å². The van der Waals surface area contributed by atoms with E-state index < -0.39 is 0 Å². The first kappa shape index (κ1) is 16.0. The average Bonchev–Trinajstić information content (AvgIpc) is 2.65. The molecule has 0 saturated carbocycles. The first-order chi connectivity index (χ1) is 9.88. The summed E-state index contributed by atoms with van der Waals surface area (Å²) in [7, 11) is 1.92. The van der Waals surface area contributed by atoms with Crippen molar-refractivity contribution in [3.05, 3.63) is 39.6 Å². The largest absolute Gasteiger partial charge is 0.452 e. The van der Waals surface area contributed by atoms with Crippen LogP contribution in [-0.2, 0) is 13.6 Å². The Kier molecular flexibility index (Phi) is 5.06. The van der Waals surface area contributed by atoms with Crippen molar-refractivity contribution in [1.82, 2.24) is 15.1 Å². The first-order valence-electron chi connectivity index (χ1n) is 7.08. The van der Waals surface area contributed by atoms with Crippen LogP contribution in [0, 0.1) is 13.8 Å². The molecule has 21 heavy (non-hydrogen) atoms. The van der Waals surface area contributed by atoms with Crippen molar-refractivity contribution in [2.75, 3.05) is 0 Å². The summed E-state index contributed by atoms with van der Waals surface area (Å²) in [4.78, 5) is 0. The van der Waals surface area contributed by atoms with Crippen LogP contribution in [0.5, 0.6) is 11.5 Å². The van der Waals surface area contributed by atoms with Crippen molar-refractivity contribution in [2.24, 2.45) is 7.05 Å². The van der Waals surface area contributed by atoms with Gasteiger partial charge in [0.15, 0.2) is 5.75 Å². The van der Waals surface area contributed by atoms with Gasteiger partial charge in [-0.25, -0.2) is 0 Å². The number of aryl methyl sites for hydroxylation is 2. The van der Waals surface area contributed by atoms with E-state index in [1.165, 1.54) is 5.56 Å². The summed E-state index contributed by atoms with van der Waals surface area (Å²) in [5.41, 5.74) is 3.14. The predicted molar refractivity (Wildman–Crippen MR) is 88.9 cm³/mol. The Bertz CT molecular complexity index is 635. The van der Waals surface area contributed by atoms with Crippen molar-refractivity contribution >= 4 is 15.9 Å². The molecule has 1 N–H and O–H groups in total. The lowest BCUT2D eigenvalue weighted by Gasteiger charge is -2.11. The Hall–Kier alpha value is -1.33. The Balaban J connectivity index is 2.17. The molecule has 0 amide bonds. The maximum Gasteiger partial charge on any atom is 0.171 e. The van der Waals surface area contributed by atoms with E-state index in [2.05, 4.69) is 52.3 Å². The molecule has 1 aromatic carbocycles. The third-order valence-electron chi connectivity index (χ3n) is 3.37. The van der Waals surface area contributed by atoms with E-state index in [0.29, 0.717) is 6.04 Å². The van der Waals surface area contributed by atoms with E-state index in [1.54, 1.807) is 0 Å². The lowest BCUT2D eigenvalue weighted by atomic mass is 10.2. The normalized spacial score (nSPS) is 11.2. The average molecular weight is 352 g/mol. The molecule has 0 spiro atoms. The highest BCUT2D eigenvalue weighted by molar-refractivity contribution is 9.10. The monoisotopic (exact) mass is 351 g/mol. The smallest absolute Gasteiger partial charge is 0.171 e. The number of halogens is 1. The second-order valence-corrected chi connectivity index (χ2v) is 6.38. The molecule has 0 fully saturated rings. The van der Waals surface area contributed by atoms with Gasteiger partial charge in [0.05, 0.1) is 10.2 Å². The zero-order chi connectivity index (χ0) is 15.6. The molecule has 0 radical (unpaired) electrons. The molecule has 0 aliphatic rings. The molecule has 0 saturated heterocycles. The highest BCUT2D eigenvalue weighted by atomic mass is 79.9. The van der Waals surface area contributed by atoms with E-state index in [1.807, 2.05) is 31.6 Å². The zero-order valence-electron chi connectivity index (χ0n) is 13.2. The minimum absolute atomic E-state index is 0.473. The maximum absolute atomic E-state index is 6.02. The Morgan fingerprint density at radius 2 is 2.05 bits per heavy atom. The fourth-order valence-electron chi connectivity index (χ4n) is 2.07. The minimum Gasteiger partial charge on any atom is -0.452 e. The molecule has 0 atom stereocenters. The van der Waals surface area contributed by atoms with Crippen LogP contribution in [0.15, 0.2) is 22.7 Å². The van der Waals surface area contributed by atoms with Crippen LogP contribution in [0.3, 0.4) is 0 Å². The first-order valence-corrected chi connectivity index (χ1v) is 7.87. The van der Waals surface area contributed by atoms with Crippen LogP contribution in [0.1, 0.15) is 30.8 Å². The summed E-state index contributed by atoms with van der Waals surface area (Å²) < 4.78 is 8.81. The Morgan fingerprint density at radius 1 is 1.33 bits per heavy atom. The van der Waals surface area contributed by atoms with Crippen molar-refractivity contribution in [3.63, 3.8) is 0 Å². The highest BCUT2D eigenvalue weighted by Crippen LogP contribution is 2.33. The van der Waals surface area contributed by atoms with Crippen molar-refractivity contribution in [3.8, 4) is 11.5 Å². The molecule has 4 nitrogen and oxygen atoms in total. The second kappa shape index (κ2) is 6.62. The molecule has 1 aromatic heterocycles. The van der Waals surface area contributed by atoms with Gasteiger partial charge in [0.25, 0.3) is 0 Å². The van der Waals surface area contributed by atoms with E-state index in [4.69, 9.17) is 4.74 Å². The fraction of sp³-hybridized carbons (Fsp3) is 0.438. The number of rotatable bonds is 5. The quantitative estimate of drug-likeness (QED) is 0.881. The third-order valence-corrected chi connectivity index (χ3v) is 3.99. The minimum atomic E-state index is 0.473. The van der Waals surface area contributed by atoms with E-state index in [-0.39, 0.29) is 0 Å². The van der Waals surface area contributed by atoms with Gasteiger partial charge in [-0.1, -0.05) is 19.9 Å². The number of hydrogen-bond acceptors (Lipinski definition) is 3. The molecule has 0 unspecified atom stereocenters. The summed E-state index contributed by atoms with van der Waals surface area (Å²) in [5.74, 6) is 1.63. The SMILES string of the molecule is Cc1nn(C)c(C)c1Oc1ccc(CNC(C)C)cc1Br. The number of benzene rings is 1. The second-order valence-electron chi connectivity index (χ2n) is 5.53. The molecule has 2 aromatic rings. The summed E-state index contributed by atoms with van der Waals surface area (Å²) in [6, 6.07) is 6.63. The lowest BCUT2D eigenvalue weighted by molar-refractivity contribution is 0.470. The van der Waals surface area contributed by atoms with Gasteiger partial charge in [-0.2, -0.15) is 5.10 Å². The van der Waals surface area contributed by atoms with Gasteiger partial charge in [-0.05, 0) is 47.5 Å². The number of nitrogens with one attached hydrogen (secondary N) is 1. The van der Waals surface area contributed by atoms with Crippen molar-refractivity contribution in [1.29, 1.82) is 0 Å². The van der Waals surface area contributed by atoms with Crippen molar-refractivity contribution < 1.29 is 4.74 Å². The molecule has 0 aliphatic heterocycles. The van der Waals surface area contributed by atoms with Gasteiger partial charge in [0.2, 0.25) is 0 Å². The molecule has 114 valence electrons. The summed E-state index contributed by atoms with van der Waals surface area (Å²) in [6.07, 6.45) is 0. The van der Waals surface area contributed by atoms with Gasteiger partial charge in [-0.3, -0.25) is 4.68 Å². The highest BCUT2D eigenvalue weighted by Gasteiger charge is 2.13. The molecular formula is C16H22BrN3O. The molecule has 2 rings (SSSR count). The number of aromatic nitrogens is 2. The number of nitrogens with zero attached hydrogens (tertiary/aromatic N) is 2. The van der Waals surface area contributed by atoms with Crippen LogP contribution in [0.2, 0.25) is 0 Å². The zero-order valence-corrected chi connectivity index (χ0v) is 14.8. The molecule has 1 heterocycles.